The van der Waals surface area contributed by atoms with Gasteiger partial charge in [-0.2, -0.15) is 0 Å². The minimum atomic E-state index is -1.11. The lowest BCUT2D eigenvalue weighted by Crippen LogP contribution is -2.53. The van der Waals surface area contributed by atoms with E-state index < -0.39 is 29.7 Å². The standard InChI is InChI=1S/C21H25ClN6O5/c1-27(2)21(32)14(10-24-19(30)20(31)26-17-5-4-13(22)9-23-17)25-18(29)15-8-12-6-7-28(3)11-16(12)33-15/h4-5,8-9,14H,6-7,10-11H2,1-3H3,(H,24,30)(H,25,29)(H,23,26,31). The number of aromatic nitrogens is 1. The zero-order chi connectivity index (χ0) is 24.1. The number of anilines is 1. The van der Waals surface area contributed by atoms with E-state index in [1.54, 1.807) is 6.07 Å². The van der Waals surface area contributed by atoms with Gasteiger partial charge in [0, 0.05) is 33.4 Å². The molecule has 12 heteroatoms. The number of likely N-dealkylation sites (N-methyl/N-ethyl adjacent to an activating group) is 2. The van der Waals surface area contributed by atoms with E-state index >= 15 is 0 Å². The third-order valence-electron chi connectivity index (χ3n) is 4.98. The molecule has 3 rings (SSSR count). The van der Waals surface area contributed by atoms with Crippen molar-refractivity contribution in [3.8, 4) is 0 Å². The van der Waals surface area contributed by atoms with Crippen LogP contribution in [-0.4, -0.2) is 78.7 Å². The Morgan fingerprint density at radius 1 is 1.24 bits per heavy atom. The van der Waals surface area contributed by atoms with Gasteiger partial charge in [0.25, 0.3) is 5.91 Å². The molecule has 1 atom stereocenters. The number of furan rings is 1. The first kappa shape index (κ1) is 24.2. The molecule has 0 aliphatic carbocycles. The molecule has 176 valence electrons. The Labute approximate surface area is 195 Å². The summed E-state index contributed by atoms with van der Waals surface area (Å²) in [5, 5.41) is 7.63. The number of nitrogens with zero attached hydrogens (tertiary/aromatic N) is 3. The average Bonchev–Trinajstić information content (AvgIpc) is 3.20. The number of carbonyl (C=O) groups is 4. The van der Waals surface area contributed by atoms with Gasteiger partial charge in [-0.3, -0.25) is 24.1 Å². The number of hydrogen-bond acceptors (Lipinski definition) is 7. The second kappa shape index (κ2) is 10.5. The number of fused-ring (bicyclic) bond motifs is 1. The number of pyridine rings is 1. The number of amides is 4. The molecule has 11 nitrogen and oxygen atoms in total. The third kappa shape index (κ3) is 6.30. The molecule has 0 bridgehead atoms. The SMILES string of the molecule is CN1CCc2cc(C(=O)NC(CNC(=O)C(=O)Nc3ccc(Cl)cn3)C(=O)N(C)C)oc2C1. The topological polar surface area (TPSA) is 137 Å². The summed E-state index contributed by atoms with van der Waals surface area (Å²) in [4.78, 5) is 56.8. The largest absolute Gasteiger partial charge is 0.454 e. The summed E-state index contributed by atoms with van der Waals surface area (Å²) in [6.07, 6.45) is 2.08. The van der Waals surface area contributed by atoms with Gasteiger partial charge in [0.2, 0.25) is 5.91 Å². The molecule has 0 saturated heterocycles. The Balaban J connectivity index is 1.62. The summed E-state index contributed by atoms with van der Waals surface area (Å²) in [6, 6.07) is 3.50. The summed E-state index contributed by atoms with van der Waals surface area (Å²) in [7, 11) is 4.99. The number of rotatable bonds is 6. The Hall–Kier alpha value is -3.44. The van der Waals surface area contributed by atoms with E-state index in [1.165, 1.54) is 37.3 Å². The average molecular weight is 477 g/mol. The smallest absolute Gasteiger partial charge is 0.314 e. The molecule has 1 aliphatic heterocycles. The molecule has 0 radical (unpaired) electrons. The van der Waals surface area contributed by atoms with E-state index in [2.05, 4.69) is 25.8 Å². The van der Waals surface area contributed by atoms with Crippen LogP contribution in [0.15, 0.2) is 28.8 Å². The van der Waals surface area contributed by atoms with Crippen LogP contribution >= 0.6 is 11.6 Å². The van der Waals surface area contributed by atoms with E-state index in [0.717, 1.165) is 18.5 Å². The molecule has 3 N–H and O–H groups in total. The molecule has 1 unspecified atom stereocenters. The highest BCUT2D eigenvalue weighted by Crippen LogP contribution is 2.22. The quantitative estimate of drug-likeness (QED) is 0.508. The predicted molar refractivity (Wildman–Crippen MR) is 120 cm³/mol. The van der Waals surface area contributed by atoms with Crippen LogP contribution in [0.5, 0.6) is 0 Å². The highest BCUT2D eigenvalue weighted by Gasteiger charge is 2.28. The first-order valence-corrected chi connectivity index (χ1v) is 10.5. The second-order valence-corrected chi connectivity index (χ2v) is 8.27. The van der Waals surface area contributed by atoms with Gasteiger partial charge in [0.15, 0.2) is 5.76 Å². The van der Waals surface area contributed by atoms with Crippen LogP contribution in [0.25, 0.3) is 0 Å². The molecule has 33 heavy (non-hydrogen) atoms. The Kier molecular flexibility index (Phi) is 7.67. The van der Waals surface area contributed by atoms with Gasteiger partial charge in [-0.15, -0.1) is 0 Å². The van der Waals surface area contributed by atoms with Crippen molar-refractivity contribution in [3.05, 3.63) is 46.5 Å². The molecule has 3 heterocycles. The van der Waals surface area contributed by atoms with Crippen LogP contribution < -0.4 is 16.0 Å². The summed E-state index contributed by atoms with van der Waals surface area (Å²) >= 11 is 5.74. The van der Waals surface area contributed by atoms with E-state index in [0.29, 0.717) is 17.3 Å². The highest BCUT2D eigenvalue weighted by atomic mass is 35.5. The zero-order valence-electron chi connectivity index (χ0n) is 18.5. The molecule has 0 fully saturated rings. The zero-order valence-corrected chi connectivity index (χ0v) is 19.2. The van der Waals surface area contributed by atoms with Crippen molar-refractivity contribution in [1.82, 2.24) is 25.4 Å². The van der Waals surface area contributed by atoms with Crippen molar-refractivity contribution >= 4 is 41.0 Å². The van der Waals surface area contributed by atoms with Crippen LogP contribution in [0, 0.1) is 0 Å². The summed E-state index contributed by atoms with van der Waals surface area (Å²) < 4.78 is 5.67. The van der Waals surface area contributed by atoms with Crippen molar-refractivity contribution in [2.24, 2.45) is 0 Å². The van der Waals surface area contributed by atoms with Gasteiger partial charge in [-0.25, -0.2) is 4.98 Å². The molecule has 2 aromatic rings. The van der Waals surface area contributed by atoms with Gasteiger partial charge >= 0.3 is 11.8 Å². The van der Waals surface area contributed by atoms with E-state index in [1.807, 2.05) is 7.05 Å². The van der Waals surface area contributed by atoms with Crippen molar-refractivity contribution in [1.29, 1.82) is 0 Å². The van der Waals surface area contributed by atoms with Gasteiger partial charge in [-0.05, 0) is 37.2 Å². The van der Waals surface area contributed by atoms with Crippen LogP contribution in [0.2, 0.25) is 5.02 Å². The van der Waals surface area contributed by atoms with Crippen LogP contribution in [0.1, 0.15) is 21.9 Å². The Bertz CT molecular complexity index is 1050. The van der Waals surface area contributed by atoms with Crippen molar-refractivity contribution in [2.45, 2.75) is 19.0 Å². The number of carbonyl (C=O) groups excluding carboxylic acids is 4. The molecular weight excluding hydrogens is 452 g/mol. The van der Waals surface area contributed by atoms with E-state index in [-0.39, 0.29) is 18.1 Å². The lowest BCUT2D eigenvalue weighted by atomic mass is 10.1. The van der Waals surface area contributed by atoms with E-state index in [9.17, 15) is 19.2 Å². The fourth-order valence-corrected chi connectivity index (χ4v) is 3.31. The molecule has 0 saturated carbocycles. The normalized spacial score (nSPS) is 14.1. The lowest BCUT2D eigenvalue weighted by molar-refractivity contribution is -0.136. The van der Waals surface area contributed by atoms with Crippen molar-refractivity contribution < 1.29 is 23.6 Å². The van der Waals surface area contributed by atoms with Crippen LogP contribution in [0.3, 0.4) is 0 Å². The third-order valence-corrected chi connectivity index (χ3v) is 5.21. The maximum atomic E-state index is 12.7. The van der Waals surface area contributed by atoms with Gasteiger partial charge < -0.3 is 25.3 Å². The minimum absolute atomic E-state index is 0.0877. The van der Waals surface area contributed by atoms with Crippen LogP contribution in [-0.2, 0) is 27.3 Å². The molecule has 1 aliphatic rings. The number of halogens is 1. The fraction of sp³-hybridized carbons (Fsp3) is 0.381. The van der Waals surface area contributed by atoms with Gasteiger partial charge in [0.1, 0.15) is 17.6 Å². The van der Waals surface area contributed by atoms with Crippen LogP contribution in [0.4, 0.5) is 5.82 Å². The maximum absolute atomic E-state index is 12.7. The fourth-order valence-electron chi connectivity index (χ4n) is 3.20. The van der Waals surface area contributed by atoms with E-state index in [4.69, 9.17) is 16.0 Å². The minimum Gasteiger partial charge on any atom is -0.454 e. The maximum Gasteiger partial charge on any atom is 0.314 e. The highest BCUT2D eigenvalue weighted by molar-refractivity contribution is 6.39. The Morgan fingerprint density at radius 2 is 2.00 bits per heavy atom. The summed E-state index contributed by atoms with van der Waals surface area (Å²) in [6.45, 7) is 1.15. The second-order valence-electron chi connectivity index (χ2n) is 7.83. The molecule has 0 spiro atoms. The summed E-state index contributed by atoms with van der Waals surface area (Å²) in [5.74, 6) is -2.07. The summed E-state index contributed by atoms with van der Waals surface area (Å²) in [5.41, 5.74) is 0.953. The van der Waals surface area contributed by atoms with Gasteiger partial charge in [0.05, 0.1) is 11.6 Å². The monoisotopic (exact) mass is 476 g/mol. The molecular formula is C21H25ClN6O5. The first-order chi connectivity index (χ1) is 15.6. The number of hydrogen-bond donors (Lipinski definition) is 3. The number of nitrogens with one attached hydrogen (secondary N) is 3. The molecule has 0 aromatic carbocycles. The predicted octanol–water partition coefficient (Wildman–Crippen LogP) is 0.257. The van der Waals surface area contributed by atoms with Crippen molar-refractivity contribution in [2.75, 3.05) is 39.5 Å². The lowest BCUT2D eigenvalue weighted by Gasteiger charge is -2.21. The first-order valence-electron chi connectivity index (χ1n) is 10.2. The van der Waals surface area contributed by atoms with Crippen molar-refractivity contribution in [3.63, 3.8) is 0 Å². The molecule has 2 aromatic heterocycles. The van der Waals surface area contributed by atoms with Gasteiger partial charge in [-0.1, -0.05) is 11.6 Å². The molecule has 4 amide bonds. The Morgan fingerprint density at radius 3 is 2.67 bits per heavy atom.